The zero-order valence-electron chi connectivity index (χ0n) is 8.50. The second-order valence-electron chi connectivity index (χ2n) is 3.57. The fraction of sp³-hybridized carbons (Fsp3) is 0.400. The standard InChI is InChI=1S/C10H10Cl2O3S/c1-5(3-9(14)15)2-7(13)6-4-8(11)16-10(6)12/h4-5H,2-3H2,1H3,(H,14,15). The third-order valence-corrected chi connectivity index (χ3v) is 3.50. The zero-order valence-corrected chi connectivity index (χ0v) is 10.8. The third kappa shape index (κ3) is 3.77. The van der Waals surface area contributed by atoms with Gasteiger partial charge in [-0.2, -0.15) is 0 Å². The number of carboxylic acids is 1. The highest BCUT2D eigenvalue weighted by atomic mass is 35.5. The van der Waals surface area contributed by atoms with Gasteiger partial charge in [-0.05, 0) is 12.0 Å². The molecule has 6 heteroatoms. The molecule has 0 aliphatic rings. The van der Waals surface area contributed by atoms with E-state index in [1.54, 1.807) is 6.92 Å². The van der Waals surface area contributed by atoms with Crippen LogP contribution in [0.2, 0.25) is 8.67 Å². The summed E-state index contributed by atoms with van der Waals surface area (Å²) in [5.74, 6) is -1.28. The maximum absolute atomic E-state index is 11.7. The van der Waals surface area contributed by atoms with Gasteiger partial charge in [-0.1, -0.05) is 30.1 Å². The molecule has 1 aromatic heterocycles. The molecule has 1 rings (SSSR count). The summed E-state index contributed by atoms with van der Waals surface area (Å²) in [4.78, 5) is 22.2. The van der Waals surface area contributed by atoms with E-state index in [1.807, 2.05) is 0 Å². The Morgan fingerprint density at radius 2 is 2.06 bits per heavy atom. The minimum atomic E-state index is -0.908. The van der Waals surface area contributed by atoms with E-state index in [0.717, 1.165) is 11.3 Å². The lowest BCUT2D eigenvalue weighted by molar-refractivity contribution is -0.137. The van der Waals surface area contributed by atoms with Crippen LogP contribution in [0.5, 0.6) is 0 Å². The molecular formula is C10H10Cl2O3S. The van der Waals surface area contributed by atoms with Crippen LogP contribution in [0.4, 0.5) is 0 Å². The smallest absolute Gasteiger partial charge is 0.303 e. The van der Waals surface area contributed by atoms with E-state index in [2.05, 4.69) is 0 Å². The topological polar surface area (TPSA) is 54.4 Å². The van der Waals surface area contributed by atoms with Crippen molar-refractivity contribution in [2.75, 3.05) is 0 Å². The molecule has 16 heavy (non-hydrogen) atoms. The Balaban J connectivity index is 2.65. The lowest BCUT2D eigenvalue weighted by Gasteiger charge is -2.06. The Kier molecular flexibility index (Phi) is 4.77. The largest absolute Gasteiger partial charge is 0.481 e. The molecule has 0 saturated carbocycles. The summed E-state index contributed by atoms with van der Waals surface area (Å²) in [6.45, 7) is 1.72. The molecule has 0 aliphatic heterocycles. The van der Waals surface area contributed by atoms with Gasteiger partial charge in [-0.15, -0.1) is 11.3 Å². The van der Waals surface area contributed by atoms with Gasteiger partial charge in [0.1, 0.15) is 4.34 Å². The number of aliphatic carboxylic acids is 1. The molecule has 1 atom stereocenters. The van der Waals surface area contributed by atoms with Gasteiger partial charge in [-0.3, -0.25) is 9.59 Å². The summed E-state index contributed by atoms with van der Waals surface area (Å²) in [5.41, 5.74) is 0.383. The quantitative estimate of drug-likeness (QED) is 0.836. The number of carbonyl (C=O) groups excluding carboxylic acids is 1. The van der Waals surface area contributed by atoms with Crippen molar-refractivity contribution in [3.63, 3.8) is 0 Å². The molecular weight excluding hydrogens is 271 g/mol. The van der Waals surface area contributed by atoms with Crippen LogP contribution in [0, 0.1) is 5.92 Å². The van der Waals surface area contributed by atoms with Crippen LogP contribution in [0.3, 0.4) is 0 Å². The molecule has 1 heterocycles. The summed E-state index contributed by atoms with van der Waals surface area (Å²) in [7, 11) is 0. The molecule has 3 nitrogen and oxygen atoms in total. The van der Waals surface area contributed by atoms with Crippen molar-refractivity contribution < 1.29 is 14.7 Å². The first-order valence-corrected chi connectivity index (χ1v) is 6.17. The fourth-order valence-electron chi connectivity index (χ4n) is 1.33. The van der Waals surface area contributed by atoms with Gasteiger partial charge in [0.05, 0.1) is 4.34 Å². The number of thiophene rings is 1. The Labute approximate surface area is 107 Å². The highest BCUT2D eigenvalue weighted by Crippen LogP contribution is 2.32. The molecule has 0 fully saturated rings. The minimum Gasteiger partial charge on any atom is -0.481 e. The predicted octanol–water partition coefficient (Wildman–Crippen LogP) is 3.74. The van der Waals surface area contributed by atoms with Crippen molar-refractivity contribution >= 4 is 46.3 Å². The average Bonchev–Trinajstić information content (AvgIpc) is 2.43. The van der Waals surface area contributed by atoms with Crippen molar-refractivity contribution in [1.82, 2.24) is 0 Å². The lowest BCUT2D eigenvalue weighted by atomic mass is 9.98. The van der Waals surface area contributed by atoms with E-state index >= 15 is 0 Å². The van der Waals surface area contributed by atoms with Gasteiger partial charge < -0.3 is 5.11 Å². The molecule has 0 bridgehead atoms. The Hall–Kier alpha value is -0.580. The van der Waals surface area contributed by atoms with Crippen LogP contribution in [0.25, 0.3) is 0 Å². The molecule has 88 valence electrons. The second kappa shape index (κ2) is 5.66. The van der Waals surface area contributed by atoms with E-state index in [4.69, 9.17) is 28.3 Å². The molecule has 0 amide bonds. The molecule has 1 unspecified atom stereocenters. The number of hydrogen-bond donors (Lipinski definition) is 1. The monoisotopic (exact) mass is 280 g/mol. The van der Waals surface area contributed by atoms with Crippen molar-refractivity contribution in [1.29, 1.82) is 0 Å². The SMILES string of the molecule is CC(CC(=O)O)CC(=O)c1cc(Cl)sc1Cl. The van der Waals surface area contributed by atoms with E-state index in [1.165, 1.54) is 6.07 Å². The number of rotatable bonds is 5. The minimum absolute atomic E-state index is 0.0266. The van der Waals surface area contributed by atoms with Crippen LogP contribution in [-0.4, -0.2) is 16.9 Å². The van der Waals surface area contributed by atoms with Crippen molar-refractivity contribution in [3.8, 4) is 0 Å². The Morgan fingerprint density at radius 1 is 1.44 bits per heavy atom. The van der Waals surface area contributed by atoms with E-state index < -0.39 is 5.97 Å². The van der Waals surface area contributed by atoms with E-state index in [9.17, 15) is 9.59 Å². The van der Waals surface area contributed by atoms with Gasteiger partial charge in [0.15, 0.2) is 5.78 Å². The van der Waals surface area contributed by atoms with Crippen LogP contribution in [0.1, 0.15) is 30.1 Å². The summed E-state index contributed by atoms with van der Waals surface area (Å²) >= 11 is 12.7. The number of Topliss-reactive ketones (excluding diaryl/α,β-unsaturated/α-hetero) is 1. The lowest BCUT2D eigenvalue weighted by Crippen LogP contribution is -2.10. The fourth-order valence-corrected chi connectivity index (χ4v) is 2.83. The normalized spacial score (nSPS) is 12.4. The number of carbonyl (C=O) groups is 2. The molecule has 0 spiro atoms. The molecule has 0 aliphatic carbocycles. The van der Waals surface area contributed by atoms with Crippen molar-refractivity contribution in [2.24, 2.45) is 5.92 Å². The average molecular weight is 281 g/mol. The molecule has 0 radical (unpaired) electrons. The maximum atomic E-state index is 11.7. The molecule has 1 N–H and O–H groups in total. The maximum Gasteiger partial charge on any atom is 0.303 e. The number of halogens is 2. The van der Waals surface area contributed by atoms with E-state index in [0.29, 0.717) is 14.2 Å². The molecule has 0 aromatic carbocycles. The zero-order chi connectivity index (χ0) is 12.3. The summed E-state index contributed by atoms with van der Waals surface area (Å²) in [6, 6.07) is 1.52. The first kappa shape index (κ1) is 13.5. The summed E-state index contributed by atoms with van der Waals surface area (Å²) < 4.78 is 0.816. The Bertz CT molecular complexity index is 414. The Morgan fingerprint density at radius 3 is 2.50 bits per heavy atom. The highest BCUT2D eigenvalue weighted by molar-refractivity contribution is 7.20. The highest BCUT2D eigenvalue weighted by Gasteiger charge is 2.18. The predicted molar refractivity (Wildman–Crippen MR) is 64.7 cm³/mol. The van der Waals surface area contributed by atoms with Gasteiger partial charge in [0, 0.05) is 18.4 Å². The van der Waals surface area contributed by atoms with Gasteiger partial charge >= 0.3 is 5.97 Å². The molecule has 1 aromatic rings. The van der Waals surface area contributed by atoms with Gasteiger partial charge in [0.2, 0.25) is 0 Å². The van der Waals surface area contributed by atoms with Crippen LogP contribution in [-0.2, 0) is 4.79 Å². The summed E-state index contributed by atoms with van der Waals surface area (Å²) in [5, 5.41) is 8.57. The number of hydrogen-bond acceptors (Lipinski definition) is 3. The third-order valence-electron chi connectivity index (χ3n) is 2.01. The van der Waals surface area contributed by atoms with E-state index in [-0.39, 0.29) is 24.5 Å². The van der Waals surface area contributed by atoms with Crippen LogP contribution >= 0.6 is 34.5 Å². The van der Waals surface area contributed by atoms with Crippen LogP contribution < -0.4 is 0 Å². The first-order valence-electron chi connectivity index (χ1n) is 4.60. The van der Waals surface area contributed by atoms with Gasteiger partial charge in [0.25, 0.3) is 0 Å². The van der Waals surface area contributed by atoms with Gasteiger partial charge in [-0.25, -0.2) is 0 Å². The first-order chi connectivity index (χ1) is 7.40. The molecule has 0 saturated heterocycles. The summed E-state index contributed by atoms with van der Waals surface area (Å²) in [6.07, 6.45) is 0.139. The van der Waals surface area contributed by atoms with Crippen molar-refractivity contribution in [2.45, 2.75) is 19.8 Å². The second-order valence-corrected chi connectivity index (χ2v) is 5.85. The number of carboxylic acid groups (broad SMARTS) is 1. The van der Waals surface area contributed by atoms with Crippen LogP contribution in [0.15, 0.2) is 6.07 Å². The number of ketones is 1. The van der Waals surface area contributed by atoms with Crippen molar-refractivity contribution in [3.05, 3.63) is 20.3 Å².